The summed E-state index contributed by atoms with van der Waals surface area (Å²) in [4.78, 5) is 54.5. The molecule has 14 heteroatoms. The van der Waals surface area contributed by atoms with Crippen molar-refractivity contribution in [2.24, 2.45) is 0 Å². The summed E-state index contributed by atoms with van der Waals surface area (Å²) in [7, 11) is 3.68. The Morgan fingerprint density at radius 2 is 1.84 bits per heavy atom. The molecule has 1 atom stereocenters. The molecule has 0 bridgehead atoms. The zero-order valence-electron chi connectivity index (χ0n) is 35.3. The van der Waals surface area contributed by atoms with E-state index >= 15 is 0 Å². The van der Waals surface area contributed by atoms with Gasteiger partial charge in [-0.05, 0) is 113 Å². The van der Waals surface area contributed by atoms with E-state index in [0.29, 0.717) is 54.7 Å². The van der Waals surface area contributed by atoms with Crippen molar-refractivity contribution in [3.63, 3.8) is 0 Å². The third-order valence-electron chi connectivity index (χ3n) is 11.1. The van der Waals surface area contributed by atoms with Crippen molar-refractivity contribution >= 4 is 35.6 Å². The molecular weight excluding hydrogens is 779 g/mol. The van der Waals surface area contributed by atoms with Crippen LogP contribution in [0.2, 0.25) is 0 Å². The molecule has 0 saturated carbocycles. The van der Waals surface area contributed by atoms with Gasteiger partial charge in [-0.1, -0.05) is 30.0 Å². The molecule has 12 nitrogen and oxygen atoms in total. The zero-order valence-corrected chi connectivity index (χ0v) is 35.3. The van der Waals surface area contributed by atoms with Crippen LogP contribution in [0.15, 0.2) is 67.5 Å². The molecule has 0 aliphatic carbocycles. The number of aldehydes is 1. The van der Waals surface area contributed by atoms with Gasteiger partial charge in [-0.25, -0.2) is 23.7 Å². The van der Waals surface area contributed by atoms with E-state index < -0.39 is 17.7 Å². The standard InChI is InChI=1S/C26H30F2N6O.C21H24N2O3/c1-16(2)34-10-11-35-25-20(27)12-19(13-22(25)34)24-21(28)15-30-26(32-24)31-23-5-4-18(14-29-23)17-6-8-33(3)9-7-17;1-3-4-5-6-7-9-16-11-12-17-15-23(21(26)18(17)14-16)19(10-8-13-24)20(25)22-2/h4-5,12-17H,6-11H2,1-3H3,(H,29,30,31,32);3,11-14,19H,1,4-6,8,10,15H2,2H3,(H,22,25). The van der Waals surface area contributed by atoms with E-state index in [1.165, 1.54) is 23.6 Å². The molecule has 320 valence electrons. The summed E-state index contributed by atoms with van der Waals surface area (Å²) >= 11 is 0. The number of hydrogen-bond donors (Lipinski definition) is 2. The molecule has 1 fully saturated rings. The minimum absolute atomic E-state index is 0.0152. The molecular formula is C47H54F2N8O4. The average molecular weight is 833 g/mol. The van der Waals surface area contributed by atoms with Gasteiger partial charge in [0.1, 0.15) is 30.4 Å². The first-order valence-corrected chi connectivity index (χ1v) is 20.9. The summed E-state index contributed by atoms with van der Waals surface area (Å²) in [6.45, 7) is 11.3. The number of likely N-dealkylation sites (tertiary alicyclic amines) is 1. The molecule has 5 heterocycles. The van der Waals surface area contributed by atoms with Crippen molar-refractivity contribution in [1.29, 1.82) is 0 Å². The molecule has 1 unspecified atom stereocenters. The fourth-order valence-electron chi connectivity index (χ4n) is 7.76. The molecule has 1 saturated heterocycles. The minimum atomic E-state index is -0.640. The third-order valence-corrected chi connectivity index (χ3v) is 11.1. The summed E-state index contributed by atoms with van der Waals surface area (Å²) in [5.74, 6) is 6.04. The molecule has 0 radical (unpaired) electrons. The molecule has 2 amide bonds. The number of nitrogens with one attached hydrogen (secondary N) is 2. The maximum atomic E-state index is 14.9. The second-order valence-electron chi connectivity index (χ2n) is 15.7. The Labute approximate surface area is 356 Å². The Hall–Kier alpha value is -6.20. The van der Waals surface area contributed by atoms with Crippen LogP contribution in [0.25, 0.3) is 11.3 Å². The number of ether oxygens (including phenoxy) is 1. The lowest BCUT2D eigenvalue weighted by molar-refractivity contribution is -0.125. The number of aromatic nitrogens is 3. The van der Waals surface area contributed by atoms with Gasteiger partial charge in [-0.3, -0.25) is 9.59 Å². The Balaban J connectivity index is 0.000000214. The van der Waals surface area contributed by atoms with Gasteiger partial charge in [-0.15, -0.1) is 6.58 Å². The summed E-state index contributed by atoms with van der Waals surface area (Å²) in [6, 6.07) is 12.0. The fourth-order valence-corrected chi connectivity index (χ4v) is 7.76. The molecule has 3 aliphatic heterocycles. The minimum Gasteiger partial charge on any atom is -0.486 e. The monoisotopic (exact) mass is 832 g/mol. The normalized spacial score (nSPS) is 15.4. The summed E-state index contributed by atoms with van der Waals surface area (Å²) < 4.78 is 35.2. The summed E-state index contributed by atoms with van der Waals surface area (Å²) in [5, 5.41) is 5.62. The second kappa shape index (κ2) is 20.9. The van der Waals surface area contributed by atoms with E-state index in [9.17, 15) is 23.2 Å². The highest BCUT2D eigenvalue weighted by Crippen LogP contribution is 2.39. The van der Waals surface area contributed by atoms with Crippen molar-refractivity contribution in [1.82, 2.24) is 30.1 Å². The van der Waals surface area contributed by atoms with Crippen LogP contribution in [0.5, 0.6) is 5.75 Å². The highest BCUT2D eigenvalue weighted by Gasteiger charge is 2.36. The zero-order chi connectivity index (χ0) is 43.5. The highest BCUT2D eigenvalue weighted by molar-refractivity contribution is 6.01. The van der Waals surface area contributed by atoms with Gasteiger partial charge in [0, 0.05) is 55.4 Å². The van der Waals surface area contributed by atoms with E-state index in [1.54, 1.807) is 12.1 Å². The number of carbonyl (C=O) groups is 3. The van der Waals surface area contributed by atoms with Crippen molar-refractivity contribution < 1.29 is 27.9 Å². The largest absolute Gasteiger partial charge is 0.486 e. The lowest BCUT2D eigenvalue weighted by atomic mass is 9.91. The summed E-state index contributed by atoms with van der Waals surface area (Å²) in [5.41, 5.74) is 4.41. The Kier molecular flexibility index (Phi) is 15.2. The number of allylic oxidation sites excluding steroid dienone is 1. The first-order valence-electron chi connectivity index (χ1n) is 20.9. The van der Waals surface area contributed by atoms with Crippen LogP contribution >= 0.6 is 0 Å². The van der Waals surface area contributed by atoms with Crippen LogP contribution in [0.3, 0.4) is 0 Å². The van der Waals surface area contributed by atoms with Crippen LogP contribution in [-0.2, 0) is 16.1 Å². The van der Waals surface area contributed by atoms with Crippen molar-refractivity contribution in [2.75, 3.05) is 50.6 Å². The van der Waals surface area contributed by atoms with E-state index in [1.807, 2.05) is 49.2 Å². The van der Waals surface area contributed by atoms with Crippen LogP contribution in [0.1, 0.15) is 91.8 Å². The van der Waals surface area contributed by atoms with E-state index in [0.717, 1.165) is 68.8 Å². The number of halogens is 2. The first kappa shape index (κ1) is 44.4. The number of nitrogens with zero attached hydrogens (tertiary/aromatic N) is 6. The SMILES string of the molecule is C=CCCCC#Cc1ccc2c(c1)C(=O)N(C(CCC=O)C(=O)NC)C2.CC(C)N1CCOc2c(F)cc(-c3nc(Nc4ccc(C5CCN(C)CC5)cn4)ncc3F)cc21. The molecule has 2 N–H and O–H groups in total. The number of anilines is 3. The quantitative estimate of drug-likeness (QED) is 0.0607. The molecule has 2 aromatic heterocycles. The Bertz CT molecular complexity index is 2270. The molecule has 61 heavy (non-hydrogen) atoms. The number of piperidine rings is 1. The lowest BCUT2D eigenvalue weighted by Crippen LogP contribution is -2.46. The van der Waals surface area contributed by atoms with Gasteiger partial charge in [0.25, 0.3) is 5.91 Å². The highest BCUT2D eigenvalue weighted by atomic mass is 19.1. The summed E-state index contributed by atoms with van der Waals surface area (Å²) in [6.07, 6.45) is 11.1. The molecule has 0 spiro atoms. The van der Waals surface area contributed by atoms with Crippen molar-refractivity contribution in [2.45, 2.75) is 83.3 Å². The van der Waals surface area contributed by atoms with Crippen LogP contribution < -0.4 is 20.3 Å². The lowest BCUT2D eigenvalue weighted by Gasteiger charge is -2.34. The number of carbonyl (C=O) groups excluding carboxylic acids is 3. The topological polar surface area (TPSA) is 133 Å². The smallest absolute Gasteiger partial charge is 0.255 e. The predicted octanol–water partition coefficient (Wildman–Crippen LogP) is 7.42. The number of fused-ring (bicyclic) bond motifs is 2. The van der Waals surface area contributed by atoms with E-state index in [2.05, 4.69) is 62.0 Å². The number of benzene rings is 2. The molecule has 2 aromatic carbocycles. The van der Waals surface area contributed by atoms with Gasteiger partial charge < -0.3 is 34.9 Å². The second-order valence-corrected chi connectivity index (χ2v) is 15.7. The number of pyridine rings is 1. The Morgan fingerprint density at radius 1 is 1.03 bits per heavy atom. The molecule has 3 aliphatic rings. The maximum Gasteiger partial charge on any atom is 0.255 e. The van der Waals surface area contributed by atoms with Crippen LogP contribution in [0.4, 0.5) is 26.2 Å². The Morgan fingerprint density at radius 3 is 2.54 bits per heavy atom. The van der Waals surface area contributed by atoms with Crippen molar-refractivity contribution in [3.05, 3.63) is 101 Å². The van der Waals surface area contributed by atoms with E-state index in [4.69, 9.17) is 4.74 Å². The van der Waals surface area contributed by atoms with Crippen LogP contribution in [-0.4, -0.2) is 95.3 Å². The van der Waals surface area contributed by atoms with Crippen molar-refractivity contribution in [3.8, 4) is 28.8 Å². The fraction of sp³-hybridized carbons (Fsp3) is 0.404. The number of rotatable bonds is 13. The average Bonchev–Trinajstić information content (AvgIpc) is 3.59. The number of hydrogen-bond acceptors (Lipinski definition) is 10. The van der Waals surface area contributed by atoms with Gasteiger partial charge >= 0.3 is 0 Å². The van der Waals surface area contributed by atoms with Gasteiger partial charge in [0.05, 0.1) is 18.4 Å². The predicted molar refractivity (Wildman–Crippen MR) is 233 cm³/mol. The third kappa shape index (κ3) is 11.0. The molecule has 4 aromatic rings. The van der Waals surface area contributed by atoms with E-state index in [-0.39, 0.29) is 41.7 Å². The van der Waals surface area contributed by atoms with Gasteiger partial charge in [0.2, 0.25) is 11.9 Å². The first-order chi connectivity index (χ1) is 29.5. The molecule has 7 rings (SSSR count). The number of unbranched alkanes of at least 4 members (excludes halogenated alkanes) is 2. The van der Waals surface area contributed by atoms with Gasteiger partial charge in [-0.2, -0.15) is 0 Å². The number of likely N-dealkylation sites (N-methyl/N-ethyl adjacent to an activating group) is 1. The maximum absolute atomic E-state index is 14.9. The van der Waals surface area contributed by atoms with Gasteiger partial charge in [0.15, 0.2) is 17.4 Å². The number of amides is 2. The van der Waals surface area contributed by atoms with Crippen LogP contribution in [0, 0.1) is 23.5 Å².